The third kappa shape index (κ3) is 3.08. The number of thioether (sulfide) groups is 1. The Kier molecular flexibility index (Phi) is 3.95. The second-order valence-electron chi connectivity index (χ2n) is 6.43. The van der Waals surface area contributed by atoms with Gasteiger partial charge in [-0.1, -0.05) is 62.4 Å². The molecule has 0 unspecified atom stereocenters. The van der Waals surface area contributed by atoms with Gasteiger partial charge in [0.15, 0.2) is 0 Å². The molecular formula is C20H22S. The molecule has 2 aromatic rings. The molecule has 1 aliphatic heterocycles. The molecule has 1 heterocycles. The zero-order valence-corrected chi connectivity index (χ0v) is 13.8. The molecule has 1 aliphatic rings. The van der Waals surface area contributed by atoms with Gasteiger partial charge in [-0.2, -0.15) is 0 Å². The minimum atomic E-state index is 0.317. The van der Waals surface area contributed by atoms with Crippen molar-refractivity contribution in [3.05, 3.63) is 65.2 Å². The first-order valence-electron chi connectivity index (χ1n) is 7.57. The Hall–Kier alpha value is -1.47. The van der Waals surface area contributed by atoms with Gasteiger partial charge in [0.1, 0.15) is 0 Å². The lowest BCUT2D eigenvalue weighted by atomic mass is 9.81. The Balaban J connectivity index is 1.95. The Morgan fingerprint density at radius 3 is 2.62 bits per heavy atom. The molecule has 0 amide bonds. The third-order valence-electron chi connectivity index (χ3n) is 4.33. The highest BCUT2D eigenvalue weighted by Gasteiger charge is 2.27. The molecule has 0 aromatic heterocycles. The zero-order chi connectivity index (χ0) is 14.9. The van der Waals surface area contributed by atoms with Gasteiger partial charge in [-0.05, 0) is 52.8 Å². The number of hydrogen-bond donors (Lipinski definition) is 0. The quantitative estimate of drug-likeness (QED) is 0.610. The van der Waals surface area contributed by atoms with Crippen LogP contribution in [0.25, 0.3) is 11.6 Å². The van der Waals surface area contributed by atoms with Crippen LogP contribution in [0.4, 0.5) is 0 Å². The maximum absolute atomic E-state index is 2.36. The van der Waals surface area contributed by atoms with Crippen molar-refractivity contribution in [1.29, 1.82) is 0 Å². The molecule has 0 aliphatic carbocycles. The average Bonchev–Trinajstić information content (AvgIpc) is 2.47. The van der Waals surface area contributed by atoms with Crippen molar-refractivity contribution >= 4 is 23.4 Å². The van der Waals surface area contributed by atoms with Crippen LogP contribution in [0.5, 0.6) is 0 Å². The van der Waals surface area contributed by atoms with Crippen molar-refractivity contribution in [1.82, 2.24) is 0 Å². The predicted octanol–water partition coefficient (Wildman–Crippen LogP) is 6.02. The lowest BCUT2D eigenvalue weighted by Crippen LogP contribution is -2.22. The number of allylic oxidation sites excluding steroid dienone is 1. The predicted molar refractivity (Wildman–Crippen MR) is 94.8 cm³/mol. The summed E-state index contributed by atoms with van der Waals surface area (Å²) >= 11 is 2.00. The van der Waals surface area contributed by atoms with Crippen LogP contribution >= 0.6 is 11.8 Å². The Labute approximate surface area is 132 Å². The largest absolute Gasteiger partial charge is 0.126 e. The number of benzene rings is 2. The van der Waals surface area contributed by atoms with Crippen LogP contribution in [0.3, 0.4) is 0 Å². The molecule has 0 saturated heterocycles. The van der Waals surface area contributed by atoms with Crippen molar-refractivity contribution in [2.24, 2.45) is 0 Å². The van der Waals surface area contributed by atoms with Crippen LogP contribution in [0.15, 0.2) is 53.4 Å². The minimum absolute atomic E-state index is 0.317. The number of fused-ring (bicyclic) bond motifs is 1. The van der Waals surface area contributed by atoms with E-state index in [1.807, 2.05) is 11.8 Å². The van der Waals surface area contributed by atoms with Gasteiger partial charge in [0.05, 0.1) is 0 Å². The van der Waals surface area contributed by atoms with E-state index >= 15 is 0 Å². The molecule has 0 nitrogen and oxygen atoms in total. The highest BCUT2D eigenvalue weighted by molar-refractivity contribution is 7.99. The summed E-state index contributed by atoms with van der Waals surface area (Å²) in [6.07, 6.45) is 3.56. The van der Waals surface area contributed by atoms with Crippen LogP contribution in [0.1, 0.15) is 43.9 Å². The highest BCUT2D eigenvalue weighted by atomic mass is 32.2. The van der Waals surface area contributed by atoms with Crippen molar-refractivity contribution in [3.8, 4) is 0 Å². The van der Waals surface area contributed by atoms with E-state index in [-0.39, 0.29) is 0 Å². The third-order valence-corrected chi connectivity index (χ3v) is 5.39. The van der Waals surface area contributed by atoms with Crippen LogP contribution in [-0.4, -0.2) is 5.75 Å². The summed E-state index contributed by atoms with van der Waals surface area (Å²) in [5.41, 5.74) is 5.74. The highest BCUT2D eigenvalue weighted by Crippen LogP contribution is 2.42. The van der Waals surface area contributed by atoms with Crippen LogP contribution in [0, 0.1) is 0 Å². The minimum Gasteiger partial charge on any atom is -0.126 e. The topological polar surface area (TPSA) is 0 Å². The van der Waals surface area contributed by atoms with Crippen molar-refractivity contribution in [2.75, 3.05) is 5.75 Å². The fraction of sp³-hybridized carbons (Fsp3) is 0.300. The first-order valence-corrected chi connectivity index (χ1v) is 8.56. The van der Waals surface area contributed by atoms with E-state index in [2.05, 4.69) is 75.4 Å². The Bertz CT molecular complexity index is 665. The number of rotatable bonds is 2. The molecule has 1 heteroatoms. The smallest absolute Gasteiger partial charge is 0.0115 e. The molecular weight excluding hydrogens is 272 g/mol. The maximum atomic E-state index is 2.36. The summed E-state index contributed by atoms with van der Waals surface area (Å²) in [6, 6.07) is 17.5. The molecule has 0 N–H and O–H groups in total. The van der Waals surface area contributed by atoms with Crippen molar-refractivity contribution in [3.63, 3.8) is 0 Å². The lowest BCUT2D eigenvalue weighted by molar-refractivity contribution is 0.494. The van der Waals surface area contributed by atoms with E-state index in [0.717, 1.165) is 0 Å². The zero-order valence-electron chi connectivity index (χ0n) is 13.0. The van der Waals surface area contributed by atoms with Gasteiger partial charge in [0.2, 0.25) is 0 Å². The molecule has 0 radical (unpaired) electrons. The average molecular weight is 294 g/mol. The molecule has 0 atom stereocenters. The maximum Gasteiger partial charge on any atom is 0.0115 e. The molecule has 3 rings (SSSR count). The Morgan fingerprint density at radius 1 is 1.10 bits per heavy atom. The van der Waals surface area contributed by atoms with Crippen molar-refractivity contribution in [2.45, 2.75) is 37.5 Å². The van der Waals surface area contributed by atoms with Crippen LogP contribution < -0.4 is 0 Å². The normalized spacial score (nSPS) is 17.4. The molecule has 0 bridgehead atoms. The van der Waals surface area contributed by atoms with Gasteiger partial charge in [-0.25, -0.2) is 0 Å². The van der Waals surface area contributed by atoms with Gasteiger partial charge < -0.3 is 0 Å². The summed E-state index contributed by atoms with van der Waals surface area (Å²) in [6.45, 7) is 6.90. The van der Waals surface area contributed by atoms with Gasteiger partial charge in [0.25, 0.3) is 0 Å². The first-order chi connectivity index (χ1) is 10.1. The van der Waals surface area contributed by atoms with E-state index in [1.165, 1.54) is 39.3 Å². The van der Waals surface area contributed by atoms with E-state index in [1.54, 1.807) is 0 Å². The molecule has 21 heavy (non-hydrogen) atoms. The van der Waals surface area contributed by atoms with Crippen LogP contribution in [0.2, 0.25) is 0 Å². The van der Waals surface area contributed by atoms with E-state index in [9.17, 15) is 0 Å². The summed E-state index contributed by atoms with van der Waals surface area (Å²) in [5.74, 6) is 1.23. The summed E-state index contributed by atoms with van der Waals surface area (Å²) in [5, 5.41) is 0. The number of hydrogen-bond acceptors (Lipinski definition) is 1. The van der Waals surface area contributed by atoms with Gasteiger partial charge >= 0.3 is 0 Å². The molecule has 108 valence electrons. The van der Waals surface area contributed by atoms with E-state index < -0.39 is 0 Å². The fourth-order valence-electron chi connectivity index (χ4n) is 2.89. The first kappa shape index (κ1) is 14.5. The summed E-state index contributed by atoms with van der Waals surface area (Å²) < 4.78 is 0. The molecule has 0 saturated carbocycles. The molecule has 2 aromatic carbocycles. The standard InChI is InChI=1S/C20H22S/c1-15(17-7-5-4-6-8-17)13-16-9-10-18-19(14-16)21-12-11-20(18,2)3/h4-10,13-14H,11-12H2,1-3H3. The second kappa shape index (κ2) is 5.73. The van der Waals surface area contributed by atoms with Crippen LogP contribution in [-0.2, 0) is 5.41 Å². The SMILES string of the molecule is CC(=Cc1ccc2c(c1)SCCC2(C)C)c1ccccc1. The lowest BCUT2D eigenvalue weighted by Gasteiger charge is -2.32. The monoisotopic (exact) mass is 294 g/mol. The summed E-state index contributed by atoms with van der Waals surface area (Å²) in [7, 11) is 0. The second-order valence-corrected chi connectivity index (χ2v) is 7.57. The fourth-order valence-corrected chi connectivity index (χ4v) is 4.44. The van der Waals surface area contributed by atoms with Crippen molar-refractivity contribution < 1.29 is 0 Å². The molecule has 0 fully saturated rings. The van der Waals surface area contributed by atoms with E-state index in [0.29, 0.717) is 5.41 Å². The van der Waals surface area contributed by atoms with E-state index in [4.69, 9.17) is 0 Å². The van der Waals surface area contributed by atoms with Gasteiger partial charge in [0, 0.05) is 4.90 Å². The van der Waals surface area contributed by atoms with Gasteiger partial charge in [-0.3, -0.25) is 0 Å². The summed E-state index contributed by atoms with van der Waals surface area (Å²) in [4.78, 5) is 1.46. The van der Waals surface area contributed by atoms with Gasteiger partial charge in [-0.15, -0.1) is 11.8 Å². The Morgan fingerprint density at radius 2 is 1.86 bits per heavy atom. The molecule has 0 spiro atoms.